The molecule has 21 heavy (non-hydrogen) atoms. The summed E-state index contributed by atoms with van der Waals surface area (Å²) in [6, 6.07) is 0. The van der Waals surface area contributed by atoms with Gasteiger partial charge in [-0.05, 0) is 38.0 Å². The largest absolute Gasteiger partial charge is 0.311 e. The average molecular weight is 292 g/mol. The molecule has 0 N–H and O–H groups in total. The fourth-order valence-electron chi connectivity index (χ4n) is 3.09. The molecular formula is C15H21FN4O. The highest BCUT2D eigenvalue weighted by molar-refractivity contribution is 5.34. The molecule has 1 aliphatic rings. The number of fused-ring (bicyclic) bond motifs is 1. The summed E-state index contributed by atoms with van der Waals surface area (Å²) < 4.78 is 16.6. The molecule has 2 aromatic heterocycles. The molecule has 0 bridgehead atoms. The van der Waals surface area contributed by atoms with E-state index in [0.717, 1.165) is 31.5 Å². The Morgan fingerprint density at radius 2 is 2.00 bits per heavy atom. The van der Waals surface area contributed by atoms with Crippen molar-refractivity contribution >= 4 is 5.65 Å². The first-order valence-electron chi connectivity index (χ1n) is 7.76. The summed E-state index contributed by atoms with van der Waals surface area (Å²) in [7, 11) is 0. The Morgan fingerprint density at radius 3 is 2.71 bits per heavy atom. The maximum Gasteiger partial charge on any atom is 0.296 e. The first-order chi connectivity index (χ1) is 10.2. The molecule has 6 heteroatoms. The monoisotopic (exact) mass is 292 g/mol. The zero-order valence-electron chi connectivity index (χ0n) is 12.3. The highest BCUT2D eigenvalue weighted by Crippen LogP contribution is 2.27. The van der Waals surface area contributed by atoms with Crippen LogP contribution in [0.5, 0.6) is 0 Å². The van der Waals surface area contributed by atoms with Crippen LogP contribution < -0.4 is 5.56 Å². The molecule has 0 saturated heterocycles. The van der Waals surface area contributed by atoms with Crippen LogP contribution in [0.1, 0.15) is 44.9 Å². The van der Waals surface area contributed by atoms with Crippen molar-refractivity contribution in [3.63, 3.8) is 0 Å². The van der Waals surface area contributed by atoms with Crippen LogP contribution >= 0.6 is 0 Å². The van der Waals surface area contributed by atoms with Gasteiger partial charge in [0.05, 0.1) is 0 Å². The van der Waals surface area contributed by atoms with Gasteiger partial charge in [0.2, 0.25) is 5.65 Å². The fraction of sp³-hybridized carbons (Fsp3) is 0.667. The Kier molecular flexibility index (Phi) is 4.03. The maximum absolute atomic E-state index is 13.2. The van der Waals surface area contributed by atoms with Gasteiger partial charge in [-0.1, -0.05) is 6.92 Å². The van der Waals surface area contributed by atoms with Gasteiger partial charge in [0, 0.05) is 25.4 Å². The van der Waals surface area contributed by atoms with Gasteiger partial charge < -0.3 is 4.57 Å². The van der Waals surface area contributed by atoms with Crippen molar-refractivity contribution in [3.8, 4) is 0 Å². The van der Waals surface area contributed by atoms with Crippen LogP contribution in [0.25, 0.3) is 5.65 Å². The van der Waals surface area contributed by atoms with Crippen LogP contribution in [0.3, 0.4) is 0 Å². The molecule has 1 saturated carbocycles. The van der Waals surface area contributed by atoms with Gasteiger partial charge in [0.15, 0.2) is 0 Å². The zero-order valence-corrected chi connectivity index (χ0v) is 12.3. The smallest absolute Gasteiger partial charge is 0.296 e. The van der Waals surface area contributed by atoms with Crippen LogP contribution in [0, 0.1) is 5.92 Å². The zero-order chi connectivity index (χ0) is 14.8. The number of rotatable bonds is 4. The predicted octanol–water partition coefficient (Wildman–Crippen LogP) is 2.37. The lowest BCUT2D eigenvalue weighted by Gasteiger charge is -2.24. The standard InChI is InChI=1S/C15H21FN4O/c1-2-3-13-17-18-14-15(21)19(8-9-20(13)14)10-11-4-6-12(16)7-5-11/h8-9,11-12H,2-7,10H2,1H3. The molecule has 0 unspecified atom stereocenters. The van der Waals surface area contributed by atoms with Crippen LogP contribution in [-0.2, 0) is 13.0 Å². The fourth-order valence-corrected chi connectivity index (χ4v) is 3.09. The number of aryl methyl sites for hydroxylation is 1. The minimum atomic E-state index is -0.659. The van der Waals surface area contributed by atoms with Gasteiger partial charge in [-0.3, -0.25) is 9.20 Å². The van der Waals surface area contributed by atoms with Gasteiger partial charge in [0.1, 0.15) is 12.0 Å². The molecule has 3 rings (SSSR count). The van der Waals surface area contributed by atoms with E-state index < -0.39 is 6.17 Å². The quantitative estimate of drug-likeness (QED) is 0.869. The number of nitrogens with zero attached hydrogens (tertiary/aromatic N) is 4. The number of hydrogen-bond donors (Lipinski definition) is 0. The van der Waals surface area contributed by atoms with Crippen molar-refractivity contribution in [2.75, 3.05) is 0 Å². The van der Waals surface area contributed by atoms with E-state index in [1.54, 1.807) is 15.2 Å². The van der Waals surface area contributed by atoms with Crippen molar-refractivity contribution < 1.29 is 4.39 Å². The molecule has 0 spiro atoms. The lowest BCUT2D eigenvalue weighted by Crippen LogP contribution is -2.27. The van der Waals surface area contributed by atoms with Crippen molar-refractivity contribution in [1.29, 1.82) is 0 Å². The van der Waals surface area contributed by atoms with E-state index >= 15 is 0 Å². The van der Waals surface area contributed by atoms with Gasteiger partial charge in [0.25, 0.3) is 5.56 Å². The number of alkyl halides is 1. The van der Waals surface area contributed by atoms with Gasteiger partial charge in [-0.2, -0.15) is 0 Å². The second-order valence-electron chi connectivity index (χ2n) is 5.93. The number of hydrogen-bond acceptors (Lipinski definition) is 3. The number of halogens is 1. The van der Waals surface area contributed by atoms with E-state index in [9.17, 15) is 9.18 Å². The first-order valence-corrected chi connectivity index (χ1v) is 7.76. The van der Waals surface area contributed by atoms with E-state index in [4.69, 9.17) is 0 Å². The summed E-state index contributed by atoms with van der Waals surface area (Å²) in [5, 5.41) is 8.12. The Labute approximate surface area is 122 Å². The Balaban J connectivity index is 1.83. The van der Waals surface area contributed by atoms with Crippen molar-refractivity contribution in [3.05, 3.63) is 28.6 Å². The van der Waals surface area contributed by atoms with Gasteiger partial charge in [-0.15, -0.1) is 10.2 Å². The predicted molar refractivity (Wildman–Crippen MR) is 78.1 cm³/mol. The molecule has 114 valence electrons. The summed E-state index contributed by atoms with van der Waals surface area (Å²) in [5.41, 5.74) is 0.287. The van der Waals surface area contributed by atoms with E-state index in [1.165, 1.54) is 0 Å². The summed E-state index contributed by atoms with van der Waals surface area (Å²) in [5.74, 6) is 1.21. The second kappa shape index (κ2) is 5.95. The normalized spacial score (nSPS) is 22.8. The van der Waals surface area contributed by atoms with Crippen molar-refractivity contribution in [1.82, 2.24) is 19.2 Å². The van der Waals surface area contributed by atoms with E-state index in [-0.39, 0.29) is 5.56 Å². The van der Waals surface area contributed by atoms with Crippen LogP contribution in [0.4, 0.5) is 4.39 Å². The highest BCUT2D eigenvalue weighted by atomic mass is 19.1. The van der Waals surface area contributed by atoms with Crippen LogP contribution in [-0.4, -0.2) is 25.3 Å². The molecular weight excluding hydrogens is 271 g/mol. The van der Waals surface area contributed by atoms with E-state index in [1.807, 2.05) is 6.20 Å². The van der Waals surface area contributed by atoms with Gasteiger partial charge >= 0.3 is 0 Å². The minimum absolute atomic E-state index is 0.102. The highest BCUT2D eigenvalue weighted by Gasteiger charge is 2.21. The second-order valence-corrected chi connectivity index (χ2v) is 5.93. The van der Waals surface area contributed by atoms with Crippen molar-refractivity contribution in [2.24, 2.45) is 5.92 Å². The van der Waals surface area contributed by atoms with Gasteiger partial charge in [-0.25, -0.2) is 4.39 Å². The van der Waals surface area contributed by atoms with E-state index in [0.29, 0.717) is 31.0 Å². The van der Waals surface area contributed by atoms with Crippen LogP contribution in [0.2, 0.25) is 0 Å². The molecule has 0 aromatic carbocycles. The molecule has 0 amide bonds. The first kappa shape index (κ1) is 14.2. The Morgan fingerprint density at radius 1 is 1.24 bits per heavy atom. The summed E-state index contributed by atoms with van der Waals surface area (Å²) in [6.07, 6.45) is 7.73. The maximum atomic E-state index is 13.2. The molecule has 5 nitrogen and oxygen atoms in total. The molecule has 1 fully saturated rings. The third-order valence-electron chi connectivity index (χ3n) is 4.32. The summed E-state index contributed by atoms with van der Waals surface area (Å²) in [6.45, 7) is 2.72. The Hall–Kier alpha value is -1.72. The van der Waals surface area contributed by atoms with Crippen LogP contribution in [0.15, 0.2) is 17.2 Å². The molecule has 2 heterocycles. The molecule has 0 radical (unpaired) electrons. The molecule has 1 aliphatic carbocycles. The molecule has 0 aliphatic heterocycles. The lowest BCUT2D eigenvalue weighted by molar-refractivity contribution is 0.194. The lowest BCUT2D eigenvalue weighted by atomic mass is 9.88. The third-order valence-corrected chi connectivity index (χ3v) is 4.32. The average Bonchev–Trinajstić information content (AvgIpc) is 2.89. The topological polar surface area (TPSA) is 52.2 Å². The third kappa shape index (κ3) is 2.84. The summed E-state index contributed by atoms with van der Waals surface area (Å²) >= 11 is 0. The van der Waals surface area contributed by atoms with Crippen molar-refractivity contribution in [2.45, 2.75) is 58.2 Å². The summed E-state index contributed by atoms with van der Waals surface area (Å²) in [4.78, 5) is 12.4. The minimum Gasteiger partial charge on any atom is -0.311 e. The number of aromatic nitrogens is 4. The van der Waals surface area contributed by atoms with E-state index in [2.05, 4.69) is 17.1 Å². The molecule has 0 atom stereocenters. The Bertz CT molecular complexity index is 670. The SMILES string of the molecule is CCCc1nnc2c(=O)n(CC3CCC(F)CC3)ccn12. The molecule has 2 aromatic rings.